The molecule has 5 heteroatoms. The summed E-state index contributed by atoms with van der Waals surface area (Å²) in [4.78, 5) is 22.8. The lowest BCUT2D eigenvalue weighted by Crippen LogP contribution is -2.42. The standard InChI is InChI=1S/C15H21NO4/c17-10-6-2-5-9-14(18)16-13(15(19)20)11-12-7-3-1-4-8-12/h1,3-4,7-8,13,17H,2,5-6,9-11H2,(H,16,18)(H,19,20)/t13-/m0/s1. The van der Waals surface area contributed by atoms with Crippen LogP contribution in [0.5, 0.6) is 0 Å². The molecule has 0 heterocycles. The number of nitrogens with one attached hydrogen (secondary N) is 1. The van der Waals surface area contributed by atoms with Gasteiger partial charge in [-0.3, -0.25) is 4.79 Å². The Balaban J connectivity index is 2.43. The lowest BCUT2D eigenvalue weighted by atomic mass is 10.1. The third-order valence-electron chi connectivity index (χ3n) is 2.98. The summed E-state index contributed by atoms with van der Waals surface area (Å²) in [5, 5.41) is 20.3. The number of amides is 1. The van der Waals surface area contributed by atoms with E-state index in [4.69, 9.17) is 10.2 Å². The summed E-state index contributed by atoms with van der Waals surface area (Å²) in [5.74, 6) is -1.29. The smallest absolute Gasteiger partial charge is 0.326 e. The van der Waals surface area contributed by atoms with Crippen LogP contribution in [0, 0.1) is 0 Å². The first-order chi connectivity index (χ1) is 9.63. The van der Waals surface area contributed by atoms with E-state index < -0.39 is 12.0 Å². The maximum atomic E-state index is 11.7. The van der Waals surface area contributed by atoms with Gasteiger partial charge in [-0.15, -0.1) is 0 Å². The topological polar surface area (TPSA) is 86.6 Å². The van der Waals surface area contributed by atoms with Crippen LogP contribution in [0.15, 0.2) is 30.3 Å². The number of carbonyl (C=O) groups excluding carboxylic acids is 1. The number of carboxylic acids is 1. The molecular formula is C15H21NO4. The number of hydrogen-bond acceptors (Lipinski definition) is 3. The number of carbonyl (C=O) groups is 2. The number of carboxylic acid groups (broad SMARTS) is 1. The van der Waals surface area contributed by atoms with Crippen LogP contribution >= 0.6 is 0 Å². The second-order valence-corrected chi connectivity index (χ2v) is 4.68. The molecule has 5 nitrogen and oxygen atoms in total. The molecule has 0 saturated heterocycles. The number of unbranched alkanes of at least 4 members (excludes halogenated alkanes) is 2. The summed E-state index contributed by atoms with van der Waals surface area (Å²) < 4.78 is 0. The van der Waals surface area contributed by atoms with E-state index in [1.807, 2.05) is 30.3 Å². The highest BCUT2D eigenvalue weighted by atomic mass is 16.4. The van der Waals surface area contributed by atoms with Gasteiger partial charge in [0.15, 0.2) is 0 Å². The van der Waals surface area contributed by atoms with Gasteiger partial charge in [0.05, 0.1) is 0 Å². The lowest BCUT2D eigenvalue weighted by Gasteiger charge is -2.14. The quantitative estimate of drug-likeness (QED) is 0.596. The molecule has 1 rings (SSSR count). The average Bonchev–Trinajstić information content (AvgIpc) is 2.44. The molecule has 110 valence electrons. The number of rotatable bonds is 9. The van der Waals surface area contributed by atoms with Crippen LogP contribution in [0.1, 0.15) is 31.2 Å². The van der Waals surface area contributed by atoms with E-state index in [9.17, 15) is 9.59 Å². The molecule has 20 heavy (non-hydrogen) atoms. The first-order valence-electron chi connectivity index (χ1n) is 6.80. The molecule has 0 fully saturated rings. The maximum Gasteiger partial charge on any atom is 0.326 e. The van der Waals surface area contributed by atoms with Crippen LogP contribution < -0.4 is 5.32 Å². The Labute approximate surface area is 118 Å². The lowest BCUT2D eigenvalue weighted by molar-refractivity contribution is -0.141. The van der Waals surface area contributed by atoms with Crippen molar-refractivity contribution in [3.63, 3.8) is 0 Å². The van der Waals surface area contributed by atoms with E-state index in [0.29, 0.717) is 19.3 Å². The Bertz CT molecular complexity index is 419. The Hall–Kier alpha value is -1.88. The summed E-state index contributed by atoms with van der Waals surface area (Å²) in [6, 6.07) is 8.31. The number of aliphatic hydroxyl groups is 1. The molecule has 0 aliphatic rings. The van der Waals surface area contributed by atoms with Gasteiger partial charge in [0.25, 0.3) is 0 Å². The van der Waals surface area contributed by atoms with Gasteiger partial charge < -0.3 is 15.5 Å². The Morgan fingerprint density at radius 2 is 1.80 bits per heavy atom. The van der Waals surface area contributed by atoms with E-state index in [2.05, 4.69) is 5.32 Å². The fourth-order valence-corrected chi connectivity index (χ4v) is 1.89. The van der Waals surface area contributed by atoms with Crippen molar-refractivity contribution in [2.75, 3.05) is 6.61 Å². The maximum absolute atomic E-state index is 11.7. The van der Waals surface area contributed by atoms with Crippen molar-refractivity contribution in [3.8, 4) is 0 Å². The highest BCUT2D eigenvalue weighted by Crippen LogP contribution is 2.05. The normalized spacial score (nSPS) is 11.8. The fourth-order valence-electron chi connectivity index (χ4n) is 1.89. The zero-order valence-electron chi connectivity index (χ0n) is 11.4. The van der Waals surface area contributed by atoms with Crippen LogP contribution in [0.2, 0.25) is 0 Å². The van der Waals surface area contributed by atoms with Crippen molar-refractivity contribution in [3.05, 3.63) is 35.9 Å². The number of hydrogen-bond donors (Lipinski definition) is 3. The third-order valence-corrected chi connectivity index (χ3v) is 2.98. The highest BCUT2D eigenvalue weighted by Gasteiger charge is 2.19. The van der Waals surface area contributed by atoms with Gasteiger partial charge >= 0.3 is 5.97 Å². The molecular weight excluding hydrogens is 258 g/mol. The highest BCUT2D eigenvalue weighted by molar-refractivity contribution is 5.83. The average molecular weight is 279 g/mol. The van der Waals surface area contributed by atoms with Gasteiger partial charge in [0.2, 0.25) is 5.91 Å². The van der Waals surface area contributed by atoms with Crippen molar-refractivity contribution in [1.29, 1.82) is 0 Å². The summed E-state index contributed by atoms with van der Waals surface area (Å²) >= 11 is 0. The Morgan fingerprint density at radius 1 is 1.10 bits per heavy atom. The molecule has 1 amide bonds. The van der Waals surface area contributed by atoms with Gasteiger partial charge in [0, 0.05) is 19.4 Å². The minimum Gasteiger partial charge on any atom is -0.480 e. The molecule has 0 radical (unpaired) electrons. The molecule has 3 N–H and O–H groups in total. The first kappa shape index (κ1) is 16.2. The second kappa shape index (κ2) is 9.09. The van der Waals surface area contributed by atoms with Gasteiger partial charge in [0.1, 0.15) is 6.04 Å². The van der Waals surface area contributed by atoms with Crippen LogP contribution in [-0.4, -0.2) is 34.7 Å². The van der Waals surface area contributed by atoms with Crippen molar-refractivity contribution in [2.24, 2.45) is 0 Å². The van der Waals surface area contributed by atoms with Crippen molar-refractivity contribution in [2.45, 2.75) is 38.1 Å². The SMILES string of the molecule is O=C(CCCCCO)N[C@@H](Cc1ccccc1)C(=O)O. The molecule has 0 aliphatic heterocycles. The van der Waals surface area contributed by atoms with Crippen LogP contribution in [0.3, 0.4) is 0 Å². The van der Waals surface area contributed by atoms with E-state index in [-0.39, 0.29) is 18.9 Å². The number of aliphatic hydroxyl groups excluding tert-OH is 1. The predicted octanol–water partition coefficient (Wildman–Crippen LogP) is 1.35. The van der Waals surface area contributed by atoms with E-state index in [0.717, 1.165) is 12.0 Å². The predicted molar refractivity (Wildman–Crippen MR) is 75.3 cm³/mol. The third kappa shape index (κ3) is 6.33. The van der Waals surface area contributed by atoms with Crippen molar-refractivity contribution < 1.29 is 19.8 Å². The van der Waals surface area contributed by atoms with Crippen molar-refractivity contribution >= 4 is 11.9 Å². The second-order valence-electron chi connectivity index (χ2n) is 4.68. The van der Waals surface area contributed by atoms with Crippen LogP contribution in [-0.2, 0) is 16.0 Å². The zero-order chi connectivity index (χ0) is 14.8. The Morgan fingerprint density at radius 3 is 2.40 bits per heavy atom. The van der Waals surface area contributed by atoms with Gasteiger partial charge in [-0.1, -0.05) is 36.8 Å². The first-order valence-corrected chi connectivity index (χ1v) is 6.80. The van der Waals surface area contributed by atoms with Gasteiger partial charge in [-0.25, -0.2) is 4.79 Å². The minimum atomic E-state index is -1.03. The van der Waals surface area contributed by atoms with Gasteiger partial charge in [-0.2, -0.15) is 0 Å². The molecule has 1 aromatic rings. The zero-order valence-corrected chi connectivity index (χ0v) is 11.4. The summed E-state index contributed by atoms with van der Waals surface area (Å²) in [7, 11) is 0. The molecule has 0 saturated carbocycles. The minimum absolute atomic E-state index is 0.118. The molecule has 0 unspecified atom stereocenters. The monoisotopic (exact) mass is 279 g/mol. The molecule has 0 aliphatic carbocycles. The van der Waals surface area contributed by atoms with Crippen LogP contribution in [0.4, 0.5) is 0 Å². The largest absolute Gasteiger partial charge is 0.480 e. The van der Waals surface area contributed by atoms with E-state index in [1.165, 1.54) is 0 Å². The molecule has 0 spiro atoms. The summed E-state index contributed by atoms with van der Waals surface area (Å²) in [5.41, 5.74) is 0.875. The molecule has 0 bridgehead atoms. The summed E-state index contributed by atoms with van der Waals surface area (Å²) in [6.07, 6.45) is 2.65. The van der Waals surface area contributed by atoms with E-state index >= 15 is 0 Å². The fraction of sp³-hybridized carbons (Fsp3) is 0.467. The van der Waals surface area contributed by atoms with Gasteiger partial charge in [-0.05, 0) is 18.4 Å². The summed E-state index contributed by atoms with van der Waals surface area (Å²) in [6.45, 7) is 0.118. The molecule has 1 atom stereocenters. The number of aliphatic carboxylic acids is 1. The molecule has 0 aromatic heterocycles. The van der Waals surface area contributed by atoms with Crippen LogP contribution in [0.25, 0.3) is 0 Å². The number of benzene rings is 1. The van der Waals surface area contributed by atoms with E-state index in [1.54, 1.807) is 0 Å². The molecule has 1 aromatic carbocycles. The van der Waals surface area contributed by atoms with Crippen molar-refractivity contribution in [1.82, 2.24) is 5.32 Å². The Kier molecular flexibility index (Phi) is 7.35.